The van der Waals surface area contributed by atoms with Gasteiger partial charge in [0.1, 0.15) is 11.5 Å². The lowest BCUT2D eigenvalue weighted by Gasteiger charge is -2.03. The number of hydrogen-bond donors (Lipinski definition) is 2. The lowest BCUT2D eigenvalue weighted by atomic mass is 10.2. The predicted octanol–water partition coefficient (Wildman–Crippen LogP) is 2.29. The molecule has 0 unspecified atom stereocenters. The number of nitrogens with one attached hydrogen (secondary N) is 1. The first kappa shape index (κ1) is 17.0. The SMILES string of the molecule is CC(=O)Oc1ccc(/C=C/C(=O)NC(=O)c2ccccc2O)cc1. The summed E-state index contributed by atoms with van der Waals surface area (Å²) in [5.41, 5.74) is 0.709. The molecule has 122 valence electrons. The van der Waals surface area contributed by atoms with Gasteiger partial charge in [-0.2, -0.15) is 0 Å². The molecule has 0 atom stereocenters. The molecule has 0 bridgehead atoms. The molecule has 0 aliphatic rings. The molecular formula is C18H15NO5. The zero-order valence-corrected chi connectivity index (χ0v) is 12.9. The summed E-state index contributed by atoms with van der Waals surface area (Å²) >= 11 is 0. The van der Waals surface area contributed by atoms with E-state index < -0.39 is 17.8 Å². The summed E-state index contributed by atoms with van der Waals surface area (Å²) in [5, 5.41) is 11.7. The van der Waals surface area contributed by atoms with Crippen LogP contribution in [0.15, 0.2) is 54.6 Å². The highest BCUT2D eigenvalue weighted by molar-refractivity contribution is 6.10. The summed E-state index contributed by atoms with van der Waals surface area (Å²) < 4.78 is 4.90. The number of benzene rings is 2. The van der Waals surface area contributed by atoms with Crippen molar-refractivity contribution < 1.29 is 24.2 Å². The van der Waals surface area contributed by atoms with Gasteiger partial charge in [-0.15, -0.1) is 0 Å². The van der Waals surface area contributed by atoms with E-state index in [0.717, 1.165) is 0 Å². The zero-order chi connectivity index (χ0) is 17.5. The van der Waals surface area contributed by atoms with Gasteiger partial charge in [0.15, 0.2) is 0 Å². The molecule has 2 aromatic rings. The van der Waals surface area contributed by atoms with Gasteiger partial charge in [0, 0.05) is 13.0 Å². The Labute approximate surface area is 138 Å². The third kappa shape index (κ3) is 4.81. The molecule has 6 nitrogen and oxygen atoms in total. The molecule has 0 fully saturated rings. The monoisotopic (exact) mass is 325 g/mol. The van der Waals surface area contributed by atoms with Crippen molar-refractivity contribution in [2.75, 3.05) is 0 Å². The summed E-state index contributed by atoms with van der Waals surface area (Å²) in [7, 11) is 0. The zero-order valence-electron chi connectivity index (χ0n) is 12.9. The average Bonchev–Trinajstić information content (AvgIpc) is 2.54. The molecule has 0 saturated carbocycles. The number of carbonyl (C=O) groups excluding carboxylic acids is 3. The van der Waals surface area contributed by atoms with Crippen LogP contribution in [0.25, 0.3) is 6.08 Å². The highest BCUT2D eigenvalue weighted by atomic mass is 16.5. The first-order valence-electron chi connectivity index (χ1n) is 7.05. The quantitative estimate of drug-likeness (QED) is 0.511. The first-order chi connectivity index (χ1) is 11.5. The van der Waals surface area contributed by atoms with Gasteiger partial charge in [0.25, 0.3) is 11.8 Å². The minimum Gasteiger partial charge on any atom is -0.507 e. The molecule has 24 heavy (non-hydrogen) atoms. The molecule has 0 aromatic heterocycles. The number of rotatable bonds is 4. The molecule has 0 radical (unpaired) electrons. The number of hydrogen-bond acceptors (Lipinski definition) is 5. The van der Waals surface area contributed by atoms with Crippen LogP contribution in [0.3, 0.4) is 0 Å². The van der Waals surface area contributed by atoms with E-state index in [9.17, 15) is 19.5 Å². The van der Waals surface area contributed by atoms with E-state index in [4.69, 9.17) is 4.74 Å². The molecule has 0 spiro atoms. The average molecular weight is 325 g/mol. The number of ether oxygens (including phenoxy) is 1. The number of amides is 2. The summed E-state index contributed by atoms with van der Waals surface area (Å²) in [6.07, 6.45) is 2.70. The number of phenols is 1. The largest absolute Gasteiger partial charge is 0.507 e. The standard InChI is InChI=1S/C18H15NO5/c1-12(20)24-14-9-6-13(7-10-14)8-11-17(22)19-18(23)15-4-2-3-5-16(15)21/h2-11,21H,1H3,(H,19,22,23)/b11-8+. The van der Waals surface area contributed by atoms with Crippen molar-refractivity contribution in [2.24, 2.45) is 0 Å². The van der Waals surface area contributed by atoms with E-state index in [-0.39, 0.29) is 11.3 Å². The van der Waals surface area contributed by atoms with Gasteiger partial charge in [-0.3, -0.25) is 19.7 Å². The maximum absolute atomic E-state index is 11.9. The number of carbonyl (C=O) groups is 3. The summed E-state index contributed by atoms with van der Waals surface area (Å²) in [5.74, 6) is -1.52. The Bertz CT molecular complexity index is 793. The Morgan fingerprint density at radius 2 is 1.71 bits per heavy atom. The fourth-order valence-corrected chi connectivity index (χ4v) is 1.87. The van der Waals surface area contributed by atoms with Gasteiger partial charge in [0.05, 0.1) is 5.56 Å². The van der Waals surface area contributed by atoms with E-state index in [1.54, 1.807) is 36.4 Å². The van der Waals surface area contributed by atoms with Crippen molar-refractivity contribution in [3.05, 3.63) is 65.7 Å². The number of imide groups is 1. The topological polar surface area (TPSA) is 92.7 Å². The van der Waals surface area contributed by atoms with Crippen LogP contribution in [0.5, 0.6) is 11.5 Å². The van der Waals surface area contributed by atoms with Crippen LogP contribution in [-0.4, -0.2) is 22.9 Å². The van der Waals surface area contributed by atoms with Crippen LogP contribution in [-0.2, 0) is 9.59 Å². The van der Waals surface area contributed by atoms with Crippen molar-refractivity contribution in [1.29, 1.82) is 0 Å². The lowest BCUT2D eigenvalue weighted by Crippen LogP contribution is -2.28. The Kier molecular flexibility index (Phi) is 5.46. The number of aromatic hydroxyl groups is 1. The number of esters is 1. The second-order valence-corrected chi connectivity index (χ2v) is 4.83. The smallest absolute Gasteiger partial charge is 0.308 e. The van der Waals surface area contributed by atoms with Crippen LogP contribution < -0.4 is 10.1 Å². The predicted molar refractivity (Wildman–Crippen MR) is 87.4 cm³/mol. The molecule has 0 aliphatic carbocycles. The number of para-hydroxylation sites is 1. The fourth-order valence-electron chi connectivity index (χ4n) is 1.87. The minimum atomic E-state index is -0.687. The molecule has 2 amide bonds. The van der Waals surface area contributed by atoms with Gasteiger partial charge in [-0.1, -0.05) is 24.3 Å². The molecule has 6 heteroatoms. The van der Waals surface area contributed by atoms with Crippen LogP contribution in [0.1, 0.15) is 22.8 Å². The van der Waals surface area contributed by atoms with Crippen molar-refractivity contribution in [3.63, 3.8) is 0 Å². The molecule has 0 aliphatic heterocycles. The normalized spacial score (nSPS) is 10.4. The molecule has 2 rings (SSSR count). The molecule has 2 N–H and O–H groups in total. The van der Waals surface area contributed by atoms with Crippen molar-refractivity contribution in [3.8, 4) is 11.5 Å². The van der Waals surface area contributed by atoms with Gasteiger partial charge in [-0.05, 0) is 35.9 Å². The second kappa shape index (κ2) is 7.73. The third-order valence-electron chi connectivity index (χ3n) is 2.95. The van der Waals surface area contributed by atoms with Crippen molar-refractivity contribution in [2.45, 2.75) is 6.92 Å². The minimum absolute atomic E-state index is 0.0185. The van der Waals surface area contributed by atoms with Crippen LogP contribution in [0.4, 0.5) is 0 Å². The summed E-state index contributed by atoms with van der Waals surface area (Å²) in [4.78, 5) is 34.4. The first-order valence-corrected chi connectivity index (χ1v) is 7.05. The Balaban J connectivity index is 1.96. The molecule has 0 saturated heterocycles. The Hall–Kier alpha value is -3.41. The third-order valence-corrected chi connectivity index (χ3v) is 2.95. The summed E-state index contributed by atoms with van der Waals surface area (Å²) in [6, 6.07) is 12.4. The maximum atomic E-state index is 11.9. The highest BCUT2D eigenvalue weighted by Gasteiger charge is 2.11. The highest BCUT2D eigenvalue weighted by Crippen LogP contribution is 2.15. The number of phenolic OH excluding ortho intramolecular Hbond substituents is 1. The van der Waals surface area contributed by atoms with Crippen LogP contribution in [0.2, 0.25) is 0 Å². The molecule has 0 heterocycles. The Morgan fingerprint density at radius 3 is 2.33 bits per heavy atom. The summed E-state index contributed by atoms with van der Waals surface area (Å²) in [6.45, 7) is 1.31. The lowest BCUT2D eigenvalue weighted by molar-refractivity contribution is -0.131. The Morgan fingerprint density at radius 1 is 1.04 bits per heavy atom. The van der Waals surface area contributed by atoms with Gasteiger partial charge in [-0.25, -0.2) is 0 Å². The van der Waals surface area contributed by atoms with E-state index in [2.05, 4.69) is 5.32 Å². The van der Waals surface area contributed by atoms with E-state index in [0.29, 0.717) is 11.3 Å². The van der Waals surface area contributed by atoms with Crippen LogP contribution >= 0.6 is 0 Å². The van der Waals surface area contributed by atoms with Gasteiger partial charge in [0.2, 0.25) is 0 Å². The second-order valence-electron chi connectivity index (χ2n) is 4.83. The van der Waals surface area contributed by atoms with Gasteiger partial charge < -0.3 is 9.84 Å². The van der Waals surface area contributed by atoms with Crippen LogP contribution in [0, 0.1) is 0 Å². The molecule has 2 aromatic carbocycles. The van der Waals surface area contributed by atoms with E-state index in [1.165, 1.54) is 31.2 Å². The van der Waals surface area contributed by atoms with E-state index >= 15 is 0 Å². The van der Waals surface area contributed by atoms with Crippen molar-refractivity contribution >= 4 is 23.9 Å². The molecular weight excluding hydrogens is 310 g/mol. The van der Waals surface area contributed by atoms with Gasteiger partial charge >= 0.3 is 5.97 Å². The van der Waals surface area contributed by atoms with E-state index in [1.807, 2.05) is 0 Å². The fraction of sp³-hybridized carbons (Fsp3) is 0.0556. The maximum Gasteiger partial charge on any atom is 0.308 e. The van der Waals surface area contributed by atoms with Crippen molar-refractivity contribution in [1.82, 2.24) is 5.32 Å².